The Hall–Kier alpha value is -2.24. The van der Waals surface area contributed by atoms with Gasteiger partial charge < -0.3 is 15.2 Å². The summed E-state index contributed by atoms with van der Waals surface area (Å²) in [4.78, 5) is 19.8. The van der Waals surface area contributed by atoms with Crippen molar-refractivity contribution in [3.63, 3.8) is 0 Å². The molecule has 1 unspecified atom stereocenters. The summed E-state index contributed by atoms with van der Waals surface area (Å²) in [6, 6.07) is 15.8. The van der Waals surface area contributed by atoms with E-state index in [-0.39, 0.29) is 36.8 Å². The lowest BCUT2D eigenvalue weighted by Crippen LogP contribution is -2.33. The van der Waals surface area contributed by atoms with E-state index in [4.69, 9.17) is 10.7 Å². The number of anilines is 1. The maximum absolute atomic E-state index is 13.0. The van der Waals surface area contributed by atoms with E-state index in [1.165, 1.54) is 0 Å². The number of likely N-dealkylation sites (tertiary alicyclic amines) is 1. The normalized spacial score (nSPS) is 15.9. The Morgan fingerprint density at radius 1 is 1.14 bits per heavy atom. The third kappa shape index (κ3) is 4.10. The van der Waals surface area contributed by atoms with Crippen molar-refractivity contribution in [1.82, 2.24) is 14.5 Å². The monoisotopic (exact) mass is 420 g/mol. The summed E-state index contributed by atoms with van der Waals surface area (Å²) < 4.78 is 2.24. The van der Waals surface area contributed by atoms with Gasteiger partial charge in [-0.05, 0) is 49.6 Å². The summed E-state index contributed by atoms with van der Waals surface area (Å²) in [5.41, 5.74) is 9.60. The fourth-order valence-corrected chi connectivity index (χ4v) is 3.93. The Morgan fingerprint density at radius 2 is 1.86 bits per heavy atom. The number of hydrogen-bond acceptors (Lipinski definition) is 3. The first-order valence-electron chi connectivity index (χ1n) is 9.26. The van der Waals surface area contributed by atoms with Gasteiger partial charge >= 0.3 is 0 Å². The first kappa shape index (κ1) is 22.1. The van der Waals surface area contributed by atoms with E-state index >= 15 is 0 Å². The van der Waals surface area contributed by atoms with Gasteiger partial charge in [-0.25, -0.2) is 4.98 Å². The molecule has 3 aromatic rings. The molecule has 4 rings (SSSR count). The molecule has 1 aromatic heterocycles. The van der Waals surface area contributed by atoms with Gasteiger partial charge in [0, 0.05) is 18.8 Å². The molecule has 1 saturated heterocycles. The van der Waals surface area contributed by atoms with Gasteiger partial charge in [-0.3, -0.25) is 4.79 Å². The number of aryl methyl sites for hydroxylation is 1. The highest BCUT2D eigenvalue weighted by Gasteiger charge is 2.33. The Bertz CT molecular complexity index is 939. The average Bonchev–Trinajstić information content (AvgIpc) is 3.27. The first-order chi connectivity index (χ1) is 12.7. The quantitative estimate of drug-likeness (QED) is 0.636. The molecule has 1 fully saturated rings. The fraction of sp³-hybridized carbons (Fsp3) is 0.333. The lowest BCUT2D eigenvalue weighted by Gasteiger charge is -2.25. The predicted molar refractivity (Wildman–Crippen MR) is 118 cm³/mol. The zero-order valence-corrected chi connectivity index (χ0v) is 17.5. The second kappa shape index (κ2) is 9.30. The van der Waals surface area contributed by atoms with E-state index in [1.54, 1.807) is 0 Å². The molecule has 5 nitrogen and oxygen atoms in total. The number of para-hydroxylation sites is 2. The summed E-state index contributed by atoms with van der Waals surface area (Å²) >= 11 is 0. The molecule has 7 heteroatoms. The maximum Gasteiger partial charge on any atom is 0.227 e. The van der Waals surface area contributed by atoms with Crippen LogP contribution >= 0.6 is 24.8 Å². The highest BCUT2D eigenvalue weighted by atomic mass is 35.5. The molecule has 2 aromatic carbocycles. The number of benzene rings is 2. The van der Waals surface area contributed by atoms with Crippen LogP contribution in [0.25, 0.3) is 11.0 Å². The van der Waals surface area contributed by atoms with Crippen molar-refractivity contribution in [2.75, 3.05) is 12.3 Å². The van der Waals surface area contributed by atoms with E-state index in [0.29, 0.717) is 6.42 Å². The van der Waals surface area contributed by atoms with Crippen molar-refractivity contribution in [1.29, 1.82) is 0 Å². The molecular weight excluding hydrogens is 395 g/mol. The molecule has 2 N–H and O–H groups in total. The number of fused-ring (bicyclic) bond motifs is 1. The van der Waals surface area contributed by atoms with E-state index in [0.717, 1.165) is 54.0 Å². The number of aromatic nitrogens is 2. The molecule has 1 aliphatic heterocycles. The van der Waals surface area contributed by atoms with E-state index in [1.807, 2.05) is 47.4 Å². The van der Waals surface area contributed by atoms with Gasteiger partial charge in [0.05, 0.1) is 23.5 Å². The molecular formula is C21H26Cl2N4O. The summed E-state index contributed by atoms with van der Waals surface area (Å²) in [6.07, 6.45) is 2.39. The smallest absolute Gasteiger partial charge is 0.227 e. The Labute approximate surface area is 177 Å². The van der Waals surface area contributed by atoms with Crippen LogP contribution in [0.15, 0.2) is 48.5 Å². The van der Waals surface area contributed by atoms with Crippen LogP contribution in [0.3, 0.4) is 0 Å². The molecule has 150 valence electrons. The Morgan fingerprint density at radius 3 is 2.57 bits per heavy atom. The van der Waals surface area contributed by atoms with Crippen LogP contribution in [0.1, 0.15) is 37.2 Å². The number of nitrogens with zero attached hydrogens (tertiary/aromatic N) is 3. The third-order valence-electron chi connectivity index (χ3n) is 5.21. The van der Waals surface area contributed by atoms with Gasteiger partial charge in [0.15, 0.2) is 0 Å². The van der Waals surface area contributed by atoms with Crippen LogP contribution in [-0.2, 0) is 17.8 Å². The molecule has 2 heterocycles. The number of nitrogen functional groups attached to an aromatic ring is 1. The molecule has 0 saturated carbocycles. The SMILES string of the molecule is CCn1c(C2CCCN2C(=O)Cc2ccc(N)cc2)nc2ccccc21.Cl.Cl. The summed E-state index contributed by atoms with van der Waals surface area (Å²) in [5, 5.41) is 0. The van der Waals surface area contributed by atoms with Crippen LogP contribution < -0.4 is 5.73 Å². The summed E-state index contributed by atoms with van der Waals surface area (Å²) in [6.45, 7) is 3.78. The second-order valence-corrected chi connectivity index (χ2v) is 6.87. The highest BCUT2D eigenvalue weighted by molar-refractivity contribution is 5.85. The van der Waals surface area contributed by atoms with Crippen LogP contribution in [0, 0.1) is 0 Å². The van der Waals surface area contributed by atoms with E-state index in [9.17, 15) is 4.79 Å². The van der Waals surface area contributed by atoms with Crippen molar-refractivity contribution in [3.05, 3.63) is 59.9 Å². The summed E-state index contributed by atoms with van der Waals surface area (Å²) in [5.74, 6) is 1.17. The van der Waals surface area contributed by atoms with Crippen LogP contribution in [0.5, 0.6) is 0 Å². The number of carbonyl (C=O) groups is 1. The van der Waals surface area contributed by atoms with Gasteiger partial charge in [0.2, 0.25) is 5.91 Å². The first-order valence-corrected chi connectivity index (χ1v) is 9.26. The molecule has 0 spiro atoms. The number of carbonyl (C=O) groups excluding carboxylic acids is 1. The average molecular weight is 421 g/mol. The minimum atomic E-state index is 0. The molecule has 0 radical (unpaired) electrons. The second-order valence-electron chi connectivity index (χ2n) is 6.87. The lowest BCUT2D eigenvalue weighted by molar-refractivity contribution is -0.131. The van der Waals surface area contributed by atoms with E-state index in [2.05, 4.69) is 17.6 Å². The van der Waals surface area contributed by atoms with Gasteiger partial charge in [0.25, 0.3) is 0 Å². The number of imidazole rings is 1. The van der Waals surface area contributed by atoms with Crippen LogP contribution in [0.2, 0.25) is 0 Å². The molecule has 0 aliphatic carbocycles. The molecule has 0 bridgehead atoms. The lowest BCUT2D eigenvalue weighted by atomic mass is 10.1. The minimum Gasteiger partial charge on any atom is -0.399 e. The standard InChI is InChI=1S/C21H24N4O.2ClH/c1-2-24-18-7-4-3-6-17(18)23-21(24)19-8-5-13-25(19)20(26)14-15-9-11-16(22)12-10-15;;/h3-4,6-7,9-12,19H,2,5,8,13-14,22H2,1H3;2*1H. The van der Waals surface area contributed by atoms with Gasteiger partial charge in [-0.15, -0.1) is 24.8 Å². The number of hydrogen-bond donors (Lipinski definition) is 1. The Kier molecular flexibility index (Phi) is 7.33. The summed E-state index contributed by atoms with van der Waals surface area (Å²) in [7, 11) is 0. The Balaban J connectivity index is 0.00000140. The van der Waals surface area contributed by atoms with Crippen LogP contribution in [-0.4, -0.2) is 26.9 Å². The molecule has 1 aliphatic rings. The number of halogens is 2. The molecule has 1 amide bonds. The van der Waals surface area contributed by atoms with Crippen molar-refractivity contribution < 1.29 is 4.79 Å². The van der Waals surface area contributed by atoms with E-state index < -0.39 is 0 Å². The fourth-order valence-electron chi connectivity index (χ4n) is 3.93. The van der Waals surface area contributed by atoms with Gasteiger partial charge in [-0.2, -0.15) is 0 Å². The number of amides is 1. The zero-order chi connectivity index (χ0) is 18.1. The largest absolute Gasteiger partial charge is 0.399 e. The molecule has 1 atom stereocenters. The number of nitrogens with two attached hydrogens (primary N) is 1. The third-order valence-corrected chi connectivity index (χ3v) is 5.21. The minimum absolute atomic E-state index is 0. The van der Waals surface area contributed by atoms with Gasteiger partial charge in [0.1, 0.15) is 5.82 Å². The van der Waals surface area contributed by atoms with Crippen molar-refractivity contribution in [2.24, 2.45) is 0 Å². The highest BCUT2D eigenvalue weighted by Crippen LogP contribution is 2.33. The predicted octanol–water partition coefficient (Wildman–Crippen LogP) is 4.39. The van der Waals surface area contributed by atoms with Crippen LogP contribution in [0.4, 0.5) is 5.69 Å². The van der Waals surface area contributed by atoms with Crippen molar-refractivity contribution in [2.45, 2.75) is 38.8 Å². The van der Waals surface area contributed by atoms with Gasteiger partial charge in [-0.1, -0.05) is 24.3 Å². The topological polar surface area (TPSA) is 64.2 Å². The maximum atomic E-state index is 13.0. The molecule has 28 heavy (non-hydrogen) atoms. The number of rotatable bonds is 4. The van der Waals surface area contributed by atoms with Crippen molar-refractivity contribution in [3.8, 4) is 0 Å². The zero-order valence-electron chi connectivity index (χ0n) is 15.9. The van der Waals surface area contributed by atoms with Crippen molar-refractivity contribution >= 4 is 47.4 Å².